The van der Waals surface area contributed by atoms with E-state index in [9.17, 15) is 27.9 Å². The summed E-state index contributed by atoms with van der Waals surface area (Å²) in [5.74, 6) is -0.633. The molecule has 0 aliphatic carbocycles. The molecule has 0 amide bonds. The van der Waals surface area contributed by atoms with Crippen LogP contribution in [0.4, 0.5) is 18.6 Å². The number of rotatable bonds is 6. The van der Waals surface area contributed by atoms with Gasteiger partial charge in [0.15, 0.2) is 17.8 Å². The number of benzene rings is 1. The quantitative estimate of drug-likeness (QED) is 0.345. The van der Waals surface area contributed by atoms with Crippen molar-refractivity contribution in [2.75, 3.05) is 13.6 Å². The number of ether oxygens (including phenoxy) is 2. The minimum absolute atomic E-state index is 0.187. The van der Waals surface area contributed by atoms with Gasteiger partial charge in [0.25, 0.3) is 5.69 Å². The smallest absolute Gasteiger partial charge is 0.515 e. The molecule has 0 bridgehead atoms. The summed E-state index contributed by atoms with van der Waals surface area (Å²) in [6.07, 6.45) is 0.206. The predicted octanol–water partition coefficient (Wildman–Crippen LogP) is 2.18. The van der Waals surface area contributed by atoms with Gasteiger partial charge in [-0.25, -0.2) is 0 Å². The number of carbonyl (C=O) groups excluding carboxylic acids is 1. The molecule has 0 heterocycles. The van der Waals surface area contributed by atoms with Crippen molar-refractivity contribution < 1.29 is 32.1 Å². The third-order valence-corrected chi connectivity index (χ3v) is 2.06. The molecule has 0 aliphatic heterocycles. The lowest BCUT2D eigenvalue weighted by molar-refractivity contribution is -0.385. The van der Waals surface area contributed by atoms with Crippen LogP contribution in [0.5, 0.6) is 11.5 Å². The Bertz CT molecular complexity index is 505. The Hall–Kier alpha value is -2.26. The molecule has 0 saturated heterocycles. The van der Waals surface area contributed by atoms with E-state index in [1.807, 2.05) is 0 Å². The van der Waals surface area contributed by atoms with E-state index in [4.69, 9.17) is 4.74 Å². The summed E-state index contributed by atoms with van der Waals surface area (Å²) in [5, 5.41) is 10.7. The molecule has 10 heteroatoms. The van der Waals surface area contributed by atoms with Crippen LogP contribution in [0.3, 0.4) is 0 Å². The Morgan fingerprint density at radius 3 is 2.42 bits per heavy atom. The van der Waals surface area contributed by atoms with Crippen LogP contribution >= 0.6 is 0 Å². The van der Waals surface area contributed by atoms with Gasteiger partial charge in [-0.15, -0.1) is 0 Å². The molecule has 19 heavy (non-hydrogen) atoms. The maximum atomic E-state index is 12.1. The summed E-state index contributed by atoms with van der Waals surface area (Å²) in [5.41, 5.74) is -0.966. The van der Waals surface area contributed by atoms with Crippen LogP contribution in [-0.4, -0.2) is 31.8 Å². The maximum absolute atomic E-state index is 12.1. The largest absolute Gasteiger partial charge is 0.519 e. The number of nitro groups is 1. The van der Waals surface area contributed by atoms with E-state index in [-0.39, 0.29) is 17.6 Å². The molecule has 0 radical (unpaired) electrons. The topological polar surface area (TPSA) is 78.7 Å². The van der Waals surface area contributed by atoms with E-state index in [1.165, 1.54) is 0 Å². The van der Waals surface area contributed by atoms with Crippen molar-refractivity contribution in [1.82, 2.24) is 0 Å². The third-order valence-electron chi connectivity index (χ3n) is 2.06. The van der Waals surface area contributed by atoms with Gasteiger partial charge in [-0.1, -0.05) is 0 Å². The van der Waals surface area contributed by atoms with Gasteiger partial charge in [-0.2, -0.15) is 0 Å². The normalized spacial score (nSPS) is 10.9. The van der Waals surface area contributed by atoms with Crippen LogP contribution in [0.25, 0.3) is 0 Å². The lowest BCUT2D eigenvalue weighted by atomic mass is 9.95. The van der Waals surface area contributed by atoms with Gasteiger partial charge in [0, 0.05) is 6.07 Å². The summed E-state index contributed by atoms with van der Waals surface area (Å²) in [7, 11) is 1.14. The first-order valence-electron chi connectivity index (χ1n) is 4.94. The van der Waals surface area contributed by atoms with Crippen molar-refractivity contribution in [2.45, 2.75) is 0 Å². The lowest BCUT2D eigenvalue weighted by Crippen LogP contribution is -2.26. The summed E-state index contributed by atoms with van der Waals surface area (Å²) >= 11 is 0. The number of hydrogen-bond acceptors (Lipinski definition) is 5. The van der Waals surface area contributed by atoms with E-state index in [0.29, 0.717) is 0 Å². The zero-order valence-corrected chi connectivity index (χ0v) is 9.64. The molecule has 0 aromatic heterocycles. The molecule has 104 valence electrons. The second-order valence-electron chi connectivity index (χ2n) is 3.46. The van der Waals surface area contributed by atoms with Crippen molar-refractivity contribution in [1.29, 1.82) is 0 Å². The van der Waals surface area contributed by atoms with Crippen molar-refractivity contribution in [2.24, 2.45) is 0 Å². The number of hydrogen-bond donors (Lipinski definition) is 0. The molecule has 1 aromatic carbocycles. The number of nitrogens with zero attached hydrogens (tertiary/aromatic N) is 1. The van der Waals surface area contributed by atoms with E-state index in [2.05, 4.69) is 4.74 Å². The molecule has 0 fully saturated rings. The van der Waals surface area contributed by atoms with Gasteiger partial charge in [-0.05, 0) is 0 Å². The molecular weight excluding hydrogens is 270 g/mol. The van der Waals surface area contributed by atoms with Gasteiger partial charge in [-0.3, -0.25) is 14.9 Å². The molecule has 0 saturated carbocycles. The van der Waals surface area contributed by atoms with Crippen molar-refractivity contribution in [3.63, 3.8) is 0 Å². The Kier molecular flexibility index (Phi) is 4.36. The second kappa shape index (κ2) is 5.59. The fraction of sp³-hybridized carbons (Fsp3) is 0.222. The lowest BCUT2D eigenvalue weighted by Gasteiger charge is -2.17. The minimum Gasteiger partial charge on any atom is -0.519 e. The highest BCUT2D eigenvalue weighted by atomic mass is 19.4. The third kappa shape index (κ3) is 3.86. The number of nitro benzene ring substituents is 1. The number of halogens is 3. The molecule has 6 nitrogen and oxygen atoms in total. The average molecular weight is 278 g/mol. The van der Waals surface area contributed by atoms with Crippen LogP contribution in [0.15, 0.2) is 12.1 Å². The first-order valence-corrected chi connectivity index (χ1v) is 4.94. The van der Waals surface area contributed by atoms with Gasteiger partial charge in [0.05, 0.1) is 30.2 Å². The maximum Gasteiger partial charge on any atom is 0.515 e. The van der Waals surface area contributed by atoms with Crippen LogP contribution < -0.4 is 9.47 Å². The highest BCUT2D eigenvalue weighted by molar-refractivity contribution is 6.58. The van der Waals surface area contributed by atoms with Crippen LogP contribution in [0, 0.1) is 10.1 Å². The molecule has 0 unspecified atom stereocenters. The summed E-state index contributed by atoms with van der Waals surface area (Å²) in [4.78, 5) is 20.4. The van der Waals surface area contributed by atoms with E-state index >= 15 is 0 Å². The van der Waals surface area contributed by atoms with Crippen molar-refractivity contribution >= 4 is 19.0 Å². The fourth-order valence-electron chi connectivity index (χ4n) is 1.27. The molecule has 0 aliphatic rings. The Morgan fingerprint density at radius 2 is 2.00 bits per heavy atom. The van der Waals surface area contributed by atoms with E-state index < -0.39 is 29.8 Å². The summed E-state index contributed by atoms with van der Waals surface area (Å²) in [6, 6.07) is 1.67. The number of aldehydes is 1. The SMILES string of the molecule is COc1cc(C=O)c([N+](=O)[O-])cc1OC[B-](F)(F)F. The van der Waals surface area contributed by atoms with Gasteiger partial charge in [0.2, 0.25) is 0 Å². The molecule has 1 rings (SSSR count). The molecule has 0 atom stereocenters. The average Bonchev–Trinajstić information content (AvgIpc) is 2.34. The summed E-state index contributed by atoms with van der Waals surface area (Å²) in [6.45, 7) is -6.77. The first-order chi connectivity index (χ1) is 8.78. The predicted molar refractivity (Wildman–Crippen MR) is 59.6 cm³/mol. The Morgan fingerprint density at radius 1 is 1.37 bits per heavy atom. The standard InChI is InChI=1S/C9H8BF3NO5/c1-18-8-2-6(4-15)7(14(16)17)3-9(8)19-5-10(11,12)13/h2-4H,5H2,1H3/q-1. The summed E-state index contributed by atoms with van der Waals surface area (Å²) < 4.78 is 45.4. The van der Waals surface area contributed by atoms with E-state index in [1.54, 1.807) is 0 Å². The van der Waals surface area contributed by atoms with Crippen molar-refractivity contribution in [3.05, 3.63) is 27.8 Å². The van der Waals surface area contributed by atoms with Crippen LogP contribution in [-0.2, 0) is 0 Å². The zero-order valence-electron chi connectivity index (χ0n) is 9.64. The van der Waals surface area contributed by atoms with Gasteiger partial charge >= 0.3 is 6.98 Å². The molecular formula is C9H8BF3NO5-. The zero-order chi connectivity index (χ0) is 14.6. The van der Waals surface area contributed by atoms with E-state index in [0.717, 1.165) is 19.2 Å². The monoisotopic (exact) mass is 278 g/mol. The van der Waals surface area contributed by atoms with Crippen LogP contribution in [0.2, 0.25) is 0 Å². The first kappa shape index (κ1) is 14.8. The Balaban J connectivity index is 3.18. The minimum atomic E-state index is -5.21. The number of carbonyl (C=O) groups is 1. The second-order valence-corrected chi connectivity index (χ2v) is 3.46. The van der Waals surface area contributed by atoms with Gasteiger partial charge in [0.1, 0.15) is 0 Å². The fourth-order valence-corrected chi connectivity index (χ4v) is 1.27. The van der Waals surface area contributed by atoms with Gasteiger partial charge < -0.3 is 22.4 Å². The highest BCUT2D eigenvalue weighted by Crippen LogP contribution is 2.34. The molecule has 0 spiro atoms. The number of methoxy groups -OCH3 is 1. The van der Waals surface area contributed by atoms with Crippen LogP contribution in [0.1, 0.15) is 10.4 Å². The Labute approximate surface area is 105 Å². The molecule has 1 aromatic rings. The highest BCUT2D eigenvalue weighted by Gasteiger charge is 2.26. The van der Waals surface area contributed by atoms with Crippen molar-refractivity contribution in [3.8, 4) is 11.5 Å². The molecule has 0 N–H and O–H groups in total.